The van der Waals surface area contributed by atoms with Gasteiger partial charge in [0, 0.05) is 11.1 Å². The SMILES string of the molecule is O=[N+]([O-])c1cc(-c2ccc(Cl)cc2)cc(F)c1F. The van der Waals surface area contributed by atoms with Gasteiger partial charge in [-0.25, -0.2) is 4.39 Å². The van der Waals surface area contributed by atoms with Crippen LogP contribution in [0.3, 0.4) is 0 Å². The van der Waals surface area contributed by atoms with Crippen LogP contribution in [-0.2, 0) is 0 Å². The summed E-state index contributed by atoms with van der Waals surface area (Å²) in [4.78, 5) is 9.63. The van der Waals surface area contributed by atoms with Gasteiger partial charge in [-0.1, -0.05) is 23.7 Å². The first-order valence-corrected chi connectivity index (χ1v) is 5.26. The Morgan fingerprint density at radius 3 is 2.22 bits per heavy atom. The Labute approximate surface area is 106 Å². The lowest BCUT2D eigenvalue weighted by Crippen LogP contribution is -1.96. The third-order valence-electron chi connectivity index (χ3n) is 2.38. The average molecular weight is 270 g/mol. The van der Waals surface area contributed by atoms with Gasteiger partial charge in [-0.2, -0.15) is 4.39 Å². The van der Waals surface area contributed by atoms with Gasteiger partial charge < -0.3 is 0 Å². The number of benzene rings is 2. The van der Waals surface area contributed by atoms with E-state index in [1.165, 1.54) is 0 Å². The van der Waals surface area contributed by atoms with Crippen molar-refractivity contribution < 1.29 is 13.7 Å². The monoisotopic (exact) mass is 269 g/mol. The van der Waals surface area contributed by atoms with Crippen LogP contribution in [0.25, 0.3) is 11.1 Å². The number of rotatable bonds is 2. The first kappa shape index (κ1) is 12.4. The summed E-state index contributed by atoms with van der Waals surface area (Å²) >= 11 is 5.70. The normalized spacial score (nSPS) is 10.4. The number of hydrogen-bond donors (Lipinski definition) is 0. The standard InChI is InChI=1S/C12H6ClF2NO2/c13-9-3-1-7(2-4-9)8-5-10(14)12(15)11(6-8)16(17)18/h1-6H. The number of hydrogen-bond acceptors (Lipinski definition) is 2. The highest BCUT2D eigenvalue weighted by Gasteiger charge is 2.20. The molecule has 2 aromatic rings. The van der Waals surface area contributed by atoms with E-state index in [-0.39, 0.29) is 5.56 Å². The van der Waals surface area contributed by atoms with Gasteiger partial charge in [0.25, 0.3) is 0 Å². The van der Waals surface area contributed by atoms with Crippen LogP contribution in [0, 0.1) is 21.7 Å². The van der Waals surface area contributed by atoms with Crippen molar-refractivity contribution in [2.45, 2.75) is 0 Å². The molecule has 0 aliphatic rings. The Hall–Kier alpha value is -2.01. The molecule has 2 aromatic carbocycles. The Bertz CT molecular complexity index is 614. The molecule has 0 aliphatic carbocycles. The van der Waals surface area contributed by atoms with E-state index in [0.29, 0.717) is 10.6 Å². The molecule has 0 spiro atoms. The van der Waals surface area contributed by atoms with Crippen LogP contribution in [0.15, 0.2) is 36.4 Å². The van der Waals surface area contributed by atoms with Crippen LogP contribution >= 0.6 is 11.6 Å². The summed E-state index contributed by atoms with van der Waals surface area (Å²) in [6.07, 6.45) is 0. The zero-order valence-corrected chi connectivity index (χ0v) is 9.62. The Kier molecular flexibility index (Phi) is 3.25. The van der Waals surface area contributed by atoms with Crippen molar-refractivity contribution in [2.75, 3.05) is 0 Å². The summed E-state index contributed by atoms with van der Waals surface area (Å²) < 4.78 is 26.4. The number of halogens is 3. The zero-order chi connectivity index (χ0) is 13.3. The molecular weight excluding hydrogens is 264 g/mol. The maximum absolute atomic E-state index is 13.3. The summed E-state index contributed by atoms with van der Waals surface area (Å²) in [7, 11) is 0. The minimum atomic E-state index is -1.46. The Balaban J connectivity index is 2.59. The summed E-state index contributed by atoms with van der Waals surface area (Å²) in [5, 5.41) is 11.1. The molecule has 0 heterocycles. The van der Waals surface area contributed by atoms with E-state index < -0.39 is 22.2 Å². The molecule has 92 valence electrons. The van der Waals surface area contributed by atoms with Crippen molar-refractivity contribution in [1.29, 1.82) is 0 Å². The number of nitrogens with zero attached hydrogens (tertiary/aromatic N) is 1. The molecule has 3 nitrogen and oxygen atoms in total. The van der Waals surface area contributed by atoms with Crippen molar-refractivity contribution >= 4 is 17.3 Å². The molecule has 0 saturated carbocycles. The van der Waals surface area contributed by atoms with Gasteiger partial charge in [0.15, 0.2) is 5.82 Å². The molecule has 18 heavy (non-hydrogen) atoms. The van der Waals surface area contributed by atoms with E-state index in [9.17, 15) is 18.9 Å². The molecule has 0 amide bonds. The van der Waals surface area contributed by atoms with Crippen molar-refractivity contribution in [3.8, 4) is 11.1 Å². The quantitative estimate of drug-likeness (QED) is 0.606. The van der Waals surface area contributed by atoms with E-state index in [0.717, 1.165) is 12.1 Å². The van der Waals surface area contributed by atoms with Crippen molar-refractivity contribution in [1.82, 2.24) is 0 Å². The maximum Gasteiger partial charge on any atom is 0.308 e. The Morgan fingerprint density at radius 2 is 1.67 bits per heavy atom. The van der Waals surface area contributed by atoms with Crippen LogP contribution < -0.4 is 0 Å². The predicted molar refractivity (Wildman–Crippen MR) is 63.5 cm³/mol. The van der Waals surface area contributed by atoms with Gasteiger partial charge in [-0.15, -0.1) is 0 Å². The second-order valence-corrected chi connectivity index (χ2v) is 3.99. The van der Waals surface area contributed by atoms with Crippen LogP contribution in [0.2, 0.25) is 5.02 Å². The van der Waals surface area contributed by atoms with Crippen molar-refractivity contribution in [2.24, 2.45) is 0 Å². The summed E-state index contributed by atoms with van der Waals surface area (Å²) in [5.41, 5.74) is -0.154. The van der Waals surface area contributed by atoms with Crippen LogP contribution in [0.4, 0.5) is 14.5 Å². The molecule has 0 atom stereocenters. The van der Waals surface area contributed by atoms with Crippen molar-refractivity contribution in [3.05, 3.63) is 63.2 Å². The fraction of sp³-hybridized carbons (Fsp3) is 0. The van der Waals surface area contributed by atoms with Gasteiger partial charge in [0.1, 0.15) is 0 Å². The molecule has 6 heteroatoms. The second-order valence-electron chi connectivity index (χ2n) is 3.56. The van der Waals surface area contributed by atoms with E-state index >= 15 is 0 Å². The van der Waals surface area contributed by atoms with Crippen LogP contribution in [0.5, 0.6) is 0 Å². The molecule has 0 saturated heterocycles. The van der Waals surface area contributed by atoms with Crippen molar-refractivity contribution in [3.63, 3.8) is 0 Å². The maximum atomic E-state index is 13.3. The molecule has 0 aromatic heterocycles. The van der Waals surface area contributed by atoms with E-state index in [1.807, 2.05) is 0 Å². The fourth-order valence-corrected chi connectivity index (χ4v) is 1.64. The lowest BCUT2D eigenvalue weighted by molar-refractivity contribution is -0.387. The first-order chi connectivity index (χ1) is 8.49. The minimum Gasteiger partial charge on any atom is -0.258 e. The second kappa shape index (κ2) is 4.70. The van der Waals surface area contributed by atoms with E-state index in [1.54, 1.807) is 24.3 Å². The van der Waals surface area contributed by atoms with Gasteiger partial charge >= 0.3 is 5.69 Å². The lowest BCUT2D eigenvalue weighted by atomic mass is 10.0. The molecule has 0 bridgehead atoms. The molecule has 0 fully saturated rings. The van der Waals surface area contributed by atoms with E-state index in [2.05, 4.69) is 0 Å². The smallest absolute Gasteiger partial charge is 0.258 e. The first-order valence-electron chi connectivity index (χ1n) is 4.88. The predicted octanol–water partition coefficient (Wildman–Crippen LogP) is 4.19. The molecular formula is C12H6ClF2NO2. The fourth-order valence-electron chi connectivity index (χ4n) is 1.52. The summed E-state index contributed by atoms with van der Waals surface area (Å²) in [6, 6.07) is 8.15. The van der Waals surface area contributed by atoms with Crippen LogP contribution in [-0.4, -0.2) is 4.92 Å². The number of nitro benzene ring substituents is 1. The highest BCUT2D eigenvalue weighted by atomic mass is 35.5. The van der Waals surface area contributed by atoms with E-state index in [4.69, 9.17) is 11.6 Å². The zero-order valence-electron chi connectivity index (χ0n) is 8.86. The highest BCUT2D eigenvalue weighted by Crippen LogP contribution is 2.29. The third-order valence-corrected chi connectivity index (χ3v) is 2.64. The largest absolute Gasteiger partial charge is 0.308 e. The lowest BCUT2D eigenvalue weighted by Gasteiger charge is -2.03. The highest BCUT2D eigenvalue weighted by molar-refractivity contribution is 6.30. The van der Waals surface area contributed by atoms with Gasteiger partial charge in [0.2, 0.25) is 5.82 Å². The molecule has 0 N–H and O–H groups in total. The minimum absolute atomic E-state index is 0.220. The molecule has 0 aliphatic heterocycles. The molecule has 2 rings (SSSR count). The van der Waals surface area contributed by atoms with Gasteiger partial charge in [0.05, 0.1) is 4.92 Å². The molecule has 0 unspecified atom stereocenters. The van der Waals surface area contributed by atoms with Crippen LogP contribution in [0.1, 0.15) is 0 Å². The summed E-state index contributed by atoms with van der Waals surface area (Å²) in [6.45, 7) is 0. The molecule has 0 radical (unpaired) electrons. The topological polar surface area (TPSA) is 43.1 Å². The van der Waals surface area contributed by atoms with Gasteiger partial charge in [-0.05, 0) is 29.3 Å². The third kappa shape index (κ3) is 2.31. The summed E-state index contributed by atoms with van der Waals surface area (Å²) in [5.74, 6) is -2.72. The number of nitro groups is 1. The van der Waals surface area contributed by atoms with Gasteiger partial charge in [-0.3, -0.25) is 10.1 Å². The average Bonchev–Trinajstić information content (AvgIpc) is 2.33. The Morgan fingerprint density at radius 1 is 1.06 bits per heavy atom.